The summed E-state index contributed by atoms with van der Waals surface area (Å²) >= 11 is 0. The molecule has 0 radical (unpaired) electrons. The lowest BCUT2D eigenvalue weighted by Gasteiger charge is -2.42. The minimum absolute atomic E-state index is 0.0168. The summed E-state index contributed by atoms with van der Waals surface area (Å²) in [5, 5.41) is 12.8. The number of rotatable bonds is 0. The van der Waals surface area contributed by atoms with Crippen LogP contribution in [0.15, 0.2) is 0 Å². The molecule has 2 N–H and O–H groups in total. The third kappa shape index (κ3) is 1.63. The van der Waals surface area contributed by atoms with Gasteiger partial charge in [0, 0.05) is 13.0 Å². The summed E-state index contributed by atoms with van der Waals surface area (Å²) in [6.45, 7) is 2.81. The fraction of sp³-hybridized carbons (Fsp3) is 1.00. The maximum absolute atomic E-state index is 9.53. The van der Waals surface area contributed by atoms with Crippen molar-refractivity contribution in [1.82, 2.24) is 5.32 Å². The first-order valence-electron chi connectivity index (χ1n) is 4.84. The minimum atomic E-state index is -0.128. The topological polar surface area (TPSA) is 41.5 Å². The van der Waals surface area contributed by atoms with Crippen molar-refractivity contribution in [3.63, 3.8) is 0 Å². The van der Waals surface area contributed by atoms with Crippen molar-refractivity contribution in [1.29, 1.82) is 0 Å². The highest BCUT2D eigenvalue weighted by molar-refractivity contribution is 4.90. The molecule has 0 aromatic carbocycles. The van der Waals surface area contributed by atoms with E-state index >= 15 is 0 Å². The Morgan fingerprint density at radius 2 is 2.08 bits per heavy atom. The number of hydrogen-bond acceptors (Lipinski definition) is 3. The molecule has 2 fully saturated rings. The summed E-state index contributed by atoms with van der Waals surface area (Å²) in [5.74, 6) is 0. The molecule has 70 valence electrons. The van der Waals surface area contributed by atoms with E-state index in [4.69, 9.17) is 4.74 Å². The first-order chi connectivity index (χ1) is 5.81. The quantitative estimate of drug-likeness (QED) is 0.550. The molecule has 2 heterocycles. The van der Waals surface area contributed by atoms with Gasteiger partial charge in [0.15, 0.2) is 0 Å². The van der Waals surface area contributed by atoms with E-state index in [-0.39, 0.29) is 11.7 Å². The van der Waals surface area contributed by atoms with Crippen LogP contribution < -0.4 is 5.32 Å². The summed E-state index contributed by atoms with van der Waals surface area (Å²) in [6, 6.07) is 0. The summed E-state index contributed by atoms with van der Waals surface area (Å²) in [4.78, 5) is 0. The van der Waals surface area contributed by atoms with Crippen molar-refractivity contribution in [2.75, 3.05) is 19.7 Å². The molecule has 0 aliphatic carbocycles. The highest BCUT2D eigenvalue weighted by Gasteiger charge is 2.37. The van der Waals surface area contributed by atoms with Gasteiger partial charge in [0.1, 0.15) is 0 Å². The van der Waals surface area contributed by atoms with E-state index < -0.39 is 0 Å². The molecule has 0 saturated carbocycles. The summed E-state index contributed by atoms with van der Waals surface area (Å²) in [7, 11) is 0. The second-order valence-electron chi connectivity index (χ2n) is 3.93. The van der Waals surface area contributed by atoms with E-state index in [9.17, 15) is 5.11 Å². The minimum Gasteiger partial charge on any atom is -0.393 e. The van der Waals surface area contributed by atoms with Crippen LogP contribution in [0.25, 0.3) is 0 Å². The van der Waals surface area contributed by atoms with Crippen LogP contribution in [0.5, 0.6) is 0 Å². The monoisotopic (exact) mass is 171 g/mol. The van der Waals surface area contributed by atoms with Gasteiger partial charge < -0.3 is 15.2 Å². The molecule has 0 aromatic rings. The Balaban J connectivity index is 1.97. The van der Waals surface area contributed by atoms with Crippen LogP contribution in [-0.2, 0) is 4.74 Å². The third-order valence-electron chi connectivity index (χ3n) is 2.98. The zero-order chi connectivity index (χ0) is 8.44. The van der Waals surface area contributed by atoms with Crippen molar-refractivity contribution in [3.8, 4) is 0 Å². The Morgan fingerprint density at radius 3 is 2.75 bits per heavy atom. The zero-order valence-electron chi connectivity index (χ0n) is 7.38. The first kappa shape index (κ1) is 8.48. The lowest BCUT2D eigenvalue weighted by atomic mass is 9.84. The maximum atomic E-state index is 9.53. The van der Waals surface area contributed by atoms with Gasteiger partial charge in [-0.15, -0.1) is 0 Å². The third-order valence-corrected chi connectivity index (χ3v) is 2.98. The lowest BCUT2D eigenvalue weighted by Crippen LogP contribution is -2.49. The number of piperidine rings is 1. The van der Waals surface area contributed by atoms with E-state index in [2.05, 4.69) is 5.32 Å². The Kier molecular flexibility index (Phi) is 2.35. The van der Waals surface area contributed by atoms with Crippen molar-refractivity contribution in [2.45, 2.75) is 37.4 Å². The summed E-state index contributed by atoms with van der Waals surface area (Å²) in [5.41, 5.74) is 0.0168. The van der Waals surface area contributed by atoms with E-state index in [0.717, 1.165) is 45.4 Å². The predicted octanol–water partition coefficient (Wildman–Crippen LogP) is 0.280. The molecule has 2 saturated heterocycles. The van der Waals surface area contributed by atoms with Gasteiger partial charge in [-0.1, -0.05) is 0 Å². The fourth-order valence-corrected chi connectivity index (χ4v) is 2.23. The van der Waals surface area contributed by atoms with Crippen molar-refractivity contribution < 1.29 is 9.84 Å². The molecule has 12 heavy (non-hydrogen) atoms. The summed E-state index contributed by atoms with van der Waals surface area (Å²) in [6.07, 6.45) is 3.65. The molecule has 3 heteroatoms. The highest BCUT2D eigenvalue weighted by Crippen LogP contribution is 2.32. The molecular formula is C9H17NO2. The van der Waals surface area contributed by atoms with Gasteiger partial charge in [-0.05, 0) is 32.4 Å². The second-order valence-corrected chi connectivity index (χ2v) is 3.93. The Hall–Kier alpha value is -0.120. The van der Waals surface area contributed by atoms with Gasteiger partial charge in [0.05, 0.1) is 11.7 Å². The number of hydrogen-bond donors (Lipinski definition) is 2. The smallest absolute Gasteiger partial charge is 0.0731 e. The molecular weight excluding hydrogens is 154 g/mol. The van der Waals surface area contributed by atoms with Crippen LogP contribution in [0.3, 0.4) is 0 Å². The summed E-state index contributed by atoms with van der Waals surface area (Å²) < 4.78 is 5.78. The molecule has 1 atom stereocenters. The van der Waals surface area contributed by atoms with E-state index in [1.54, 1.807) is 0 Å². The zero-order valence-corrected chi connectivity index (χ0v) is 7.38. The standard InChI is InChI=1S/C9H17NO2/c11-8-1-6-12-9(7-8)2-4-10-5-3-9/h8,10-11H,1-7H2. The van der Waals surface area contributed by atoms with Gasteiger partial charge in [-0.3, -0.25) is 0 Å². The van der Waals surface area contributed by atoms with Gasteiger partial charge >= 0.3 is 0 Å². The second kappa shape index (κ2) is 3.32. The van der Waals surface area contributed by atoms with Gasteiger partial charge in [0.2, 0.25) is 0 Å². The molecule has 0 aromatic heterocycles. The molecule has 1 unspecified atom stereocenters. The molecule has 2 aliphatic rings. The first-order valence-corrected chi connectivity index (χ1v) is 4.84. The number of nitrogens with one attached hydrogen (secondary N) is 1. The van der Waals surface area contributed by atoms with Crippen LogP contribution in [-0.4, -0.2) is 36.5 Å². The lowest BCUT2D eigenvalue weighted by molar-refractivity contribution is -0.131. The van der Waals surface area contributed by atoms with Crippen LogP contribution in [0, 0.1) is 0 Å². The van der Waals surface area contributed by atoms with Crippen molar-refractivity contribution in [3.05, 3.63) is 0 Å². The van der Waals surface area contributed by atoms with Crippen LogP contribution in [0.4, 0.5) is 0 Å². The molecule has 2 aliphatic heterocycles. The maximum Gasteiger partial charge on any atom is 0.0731 e. The highest BCUT2D eigenvalue weighted by atomic mass is 16.5. The van der Waals surface area contributed by atoms with Gasteiger partial charge in [0.25, 0.3) is 0 Å². The largest absolute Gasteiger partial charge is 0.393 e. The average Bonchev–Trinajstić information content (AvgIpc) is 2.05. The number of aliphatic hydroxyl groups is 1. The van der Waals surface area contributed by atoms with Crippen LogP contribution in [0.2, 0.25) is 0 Å². The van der Waals surface area contributed by atoms with Gasteiger partial charge in [-0.25, -0.2) is 0 Å². The molecule has 2 rings (SSSR count). The van der Waals surface area contributed by atoms with Crippen LogP contribution in [0.1, 0.15) is 25.7 Å². The molecule has 3 nitrogen and oxygen atoms in total. The number of aliphatic hydroxyl groups excluding tert-OH is 1. The Labute approximate surface area is 73.1 Å². The molecule has 1 spiro atoms. The van der Waals surface area contributed by atoms with Crippen molar-refractivity contribution >= 4 is 0 Å². The average molecular weight is 171 g/mol. The van der Waals surface area contributed by atoms with E-state index in [1.165, 1.54) is 0 Å². The SMILES string of the molecule is OC1CCOC2(CCNCC2)C1. The van der Waals surface area contributed by atoms with Gasteiger partial charge in [-0.2, -0.15) is 0 Å². The van der Waals surface area contributed by atoms with Crippen molar-refractivity contribution in [2.24, 2.45) is 0 Å². The molecule has 0 bridgehead atoms. The predicted molar refractivity (Wildman–Crippen MR) is 46.0 cm³/mol. The van der Waals surface area contributed by atoms with Crippen LogP contribution >= 0.6 is 0 Å². The Morgan fingerprint density at radius 1 is 1.33 bits per heavy atom. The van der Waals surface area contributed by atoms with E-state index in [1.807, 2.05) is 0 Å². The fourth-order valence-electron chi connectivity index (χ4n) is 2.23. The Bertz CT molecular complexity index is 149. The normalized spacial score (nSPS) is 35.2. The number of ether oxygens (including phenoxy) is 1. The molecule has 0 amide bonds. The van der Waals surface area contributed by atoms with E-state index in [0.29, 0.717) is 0 Å².